The van der Waals surface area contributed by atoms with Crippen molar-refractivity contribution in [3.8, 4) is 0 Å². The molecule has 4 heteroatoms. The topological polar surface area (TPSA) is 54.0 Å². The molecule has 0 spiro atoms. The van der Waals surface area contributed by atoms with Crippen molar-refractivity contribution in [3.63, 3.8) is 0 Å². The Morgan fingerprint density at radius 2 is 1.55 bits per heavy atom. The second kappa shape index (κ2) is 5.40. The van der Waals surface area contributed by atoms with Crippen molar-refractivity contribution in [1.29, 1.82) is 0 Å². The minimum Gasteiger partial charge on any atom is -0.308 e. The lowest BCUT2D eigenvalue weighted by molar-refractivity contribution is 0.262. The Morgan fingerprint density at radius 1 is 0.850 bits per heavy atom. The lowest BCUT2D eigenvalue weighted by Crippen LogP contribution is -2.19. The largest absolute Gasteiger partial charge is 0.324 e. The van der Waals surface area contributed by atoms with Crippen molar-refractivity contribution in [1.82, 2.24) is 4.98 Å². The van der Waals surface area contributed by atoms with Crippen molar-refractivity contribution >= 4 is 28.3 Å². The normalized spacial score (nSPS) is 10.2. The zero-order chi connectivity index (χ0) is 13.8. The molecule has 0 atom stereocenters. The van der Waals surface area contributed by atoms with Gasteiger partial charge in [-0.25, -0.2) is 9.78 Å². The predicted molar refractivity (Wildman–Crippen MR) is 80.8 cm³/mol. The van der Waals surface area contributed by atoms with E-state index < -0.39 is 0 Å². The van der Waals surface area contributed by atoms with E-state index in [1.54, 1.807) is 6.20 Å². The van der Waals surface area contributed by atoms with Gasteiger partial charge in [0.25, 0.3) is 0 Å². The molecule has 0 bridgehead atoms. The second-order valence-corrected chi connectivity index (χ2v) is 4.36. The number of hydrogen-bond donors (Lipinski definition) is 2. The van der Waals surface area contributed by atoms with E-state index in [1.807, 2.05) is 60.7 Å². The molecule has 3 rings (SSSR count). The van der Waals surface area contributed by atoms with Gasteiger partial charge < -0.3 is 5.32 Å². The number of pyridine rings is 1. The van der Waals surface area contributed by atoms with E-state index in [1.165, 1.54) is 0 Å². The van der Waals surface area contributed by atoms with Crippen LogP contribution >= 0.6 is 0 Å². The summed E-state index contributed by atoms with van der Waals surface area (Å²) in [4.78, 5) is 16.1. The van der Waals surface area contributed by atoms with Gasteiger partial charge in [-0.15, -0.1) is 0 Å². The Kier molecular flexibility index (Phi) is 3.29. The summed E-state index contributed by atoms with van der Waals surface area (Å²) in [7, 11) is 0. The summed E-state index contributed by atoms with van der Waals surface area (Å²) in [5.74, 6) is 0.525. The van der Waals surface area contributed by atoms with E-state index in [9.17, 15) is 4.79 Å². The maximum Gasteiger partial charge on any atom is 0.324 e. The number of urea groups is 1. The number of nitrogens with zero attached hydrogens (tertiary/aromatic N) is 1. The van der Waals surface area contributed by atoms with Gasteiger partial charge in [-0.1, -0.05) is 42.5 Å². The van der Waals surface area contributed by atoms with Gasteiger partial charge in [-0.2, -0.15) is 0 Å². The average Bonchev–Trinajstić information content (AvgIpc) is 2.48. The first-order valence-electron chi connectivity index (χ1n) is 6.29. The molecule has 0 aliphatic heterocycles. The molecule has 0 aliphatic rings. The van der Waals surface area contributed by atoms with Crippen LogP contribution in [-0.2, 0) is 0 Å². The van der Waals surface area contributed by atoms with Crippen molar-refractivity contribution < 1.29 is 4.79 Å². The van der Waals surface area contributed by atoms with Crippen LogP contribution in [0.4, 0.5) is 16.3 Å². The maximum absolute atomic E-state index is 11.9. The van der Waals surface area contributed by atoms with Crippen LogP contribution in [0.1, 0.15) is 0 Å². The number of carbonyl (C=O) groups excluding carboxylic acids is 1. The van der Waals surface area contributed by atoms with Crippen LogP contribution in [0.3, 0.4) is 0 Å². The summed E-state index contributed by atoms with van der Waals surface area (Å²) < 4.78 is 0. The Hall–Kier alpha value is -2.88. The Bertz CT molecular complexity index is 741. The van der Waals surface area contributed by atoms with Crippen molar-refractivity contribution in [2.24, 2.45) is 0 Å². The number of benzene rings is 2. The summed E-state index contributed by atoms with van der Waals surface area (Å²) in [6.45, 7) is 0. The van der Waals surface area contributed by atoms with Gasteiger partial charge in [0.1, 0.15) is 5.82 Å². The molecular weight excluding hydrogens is 250 g/mol. The molecule has 2 aromatic carbocycles. The van der Waals surface area contributed by atoms with Crippen molar-refractivity contribution in [2.75, 3.05) is 10.6 Å². The Balaban J connectivity index is 1.74. The Labute approximate surface area is 116 Å². The lowest BCUT2D eigenvalue weighted by Gasteiger charge is -2.07. The van der Waals surface area contributed by atoms with Gasteiger partial charge in [0.15, 0.2) is 0 Å². The number of amides is 2. The predicted octanol–water partition coefficient (Wildman–Crippen LogP) is 3.88. The van der Waals surface area contributed by atoms with Gasteiger partial charge in [-0.05, 0) is 23.6 Å². The molecule has 20 heavy (non-hydrogen) atoms. The highest BCUT2D eigenvalue weighted by molar-refractivity contribution is 6.00. The Morgan fingerprint density at radius 3 is 2.35 bits per heavy atom. The van der Waals surface area contributed by atoms with E-state index in [0.29, 0.717) is 5.82 Å². The third kappa shape index (κ3) is 2.75. The number of nitrogens with one attached hydrogen (secondary N) is 2. The average molecular weight is 263 g/mol. The number of anilines is 2. The maximum atomic E-state index is 11.9. The third-order valence-corrected chi connectivity index (χ3v) is 2.90. The van der Waals surface area contributed by atoms with Crippen LogP contribution in [0.2, 0.25) is 0 Å². The fraction of sp³-hybridized carbons (Fsp3) is 0. The van der Waals surface area contributed by atoms with Crippen molar-refractivity contribution in [2.45, 2.75) is 0 Å². The monoisotopic (exact) mass is 263 g/mol. The zero-order valence-electron chi connectivity index (χ0n) is 10.7. The van der Waals surface area contributed by atoms with Crippen molar-refractivity contribution in [3.05, 3.63) is 66.9 Å². The standard InChI is InChI=1S/C16H13N3O/c20-16(18-14-8-2-1-3-9-14)19-15-10-12-6-4-5-7-13(12)11-17-15/h1-11H,(H2,17,18,19,20). The number of rotatable bonds is 2. The highest BCUT2D eigenvalue weighted by atomic mass is 16.2. The van der Waals surface area contributed by atoms with Crippen LogP contribution in [0.15, 0.2) is 66.9 Å². The first kappa shape index (κ1) is 12.2. The number of carbonyl (C=O) groups is 1. The molecule has 0 fully saturated rings. The van der Waals surface area contributed by atoms with Gasteiger partial charge in [-0.3, -0.25) is 5.32 Å². The molecule has 0 aliphatic carbocycles. The van der Waals surface area contributed by atoms with E-state index in [4.69, 9.17) is 0 Å². The fourth-order valence-corrected chi connectivity index (χ4v) is 1.95. The summed E-state index contributed by atoms with van der Waals surface area (Å²) in [5, 5.41) is 7.55. The van der Waals surface area contributed by atoms with E-state index in [-0.39, 0.29) is 6.03 Å². The lowest BCUT2D eigenvalue weighted by atomic mass is 10.2. The third-order valence-electron chi connectivity index (χ3n) is 2.90. The molecule has 1 aromatic heterocycles. The summed E-state index contributed by atoms with van der Waals surface area (Å²) in [6.07, 6.45) is 1.74. The molecule has 3 aromatic rings. The molecule has 0 radical (unpaired) electrons. The van der Waals surface area contributed by atoms with Crippen LogP contribution in [0.25, 0.3) is 10.8 Å². The first-order chi connectivity index (χ1) is 9.81. The van der Waals surface area contributed by atoms with Gasteiger partial charge in [0.05, 0.1) is 0 Å². The minimum atomic E-state index is -0.306. The van der Waals surface area contributed by atoms with E-state index >= 15 is 0 Å². The number of para-hydroxylation sites is 1. The molecule has 4 nitrogen and oxygen atoms in total. The molecule has 0 saturated heterocycles. The highest BCUT2D eigenvalue weighted by Crippen LogP contribution is 2.16. The van der Waals surface area contributed by atoms with E-state index in [2.05, 4.69) is 15.6 Å². The van der Waals surface area contributed by atoms with E-state index in [0.717, 1.165) is 16.5 Å². The minimum absolute atomic E-state index is 0.306. The van der Waals surface area contributed by atoms with Crippen LogP contribution < -0.4 is 10.6 Å². The van der Waals surface area contributed by atoms with Gasteiger partial charge in [0.2, 0.25) is 0 Å². The molecule has 98 valence electrons. The van der Waals surface area contributed by atoms with Crippen LogP contribution in [-0.4, -0.2) is 11.0 Å². The zero-order valence-corrected chi connectivity index (χ0v) is 10.7. The number of fused-ring (bicyclic) bond motifs is 1. The summed E-state index contributed by atoms with van der Waals surface area (Å²) in [6, 6.07) is 18.7. The molecule has 2 N–H and O–H groups in total. The van der Waals surface area contributed by atoms with Crippen LogP contribution in [0.5, 0.6) is 0 Å². The molecule has 0 unspecified atom stereocenters. The quantitative estimate of drug-likeness (QED) is 0.737. The number of hydrogen-bond acceptors (Lipinski definition) is 2. The molecule has 0 saturated carbocycles. The SMILES string of the molecule is O=C(Nc1ccccc1)Nc1cc2ccccc2cn1. The summed E-state index contributed by atoms with van der Waals surface area (Å²) in [5.41, 5.74) is 0.741. The summed E-state index contributed by atoms with van der Waals surface area (Å²) >= 11 is 0. The molecule has 1 heterocycles. The molecule has 2 amide bonds. The second-order valence-electron chi connectivity index (χ2n) is 4.36. The first-order valence-corrected chi connectivity index (χ1v) is 6.29. The highest BCUT2D eigenvalue weighted by Gasteiger charge is 2.03. The molecular formula is C16H13N3O. The van der Waals surface area contributed by atoms with Gasteiger partial charge in [0, 0.05) is 17.3 Å². The van der Waals surface area contributed by atoms with Gasteiger partial charge >= 0.3 is 6.03 Å². The fourth-order valence-electron chi connectivity index (χ4n) is 1.95. The number of aromatic nitrogens is 1. The smallest absolute Gasteiger partial charge is 0.308 e. The van der Waals surface area contributed by atoms with Crippen LogP contribution in [0, 0.1) is 0 Å².